The number of nitrogens with zero attached hydrogens (tertiary/aromatic N) is 1. The molecule has 1 N–H and O–H groups in total. The van der Waals surface area contributed by atoms with E-state index in [-0.39, 0.29) is 11.9 Å². The number of nitrogens with one attached hydrogen (secondary N) is 1. The van der Waals surface area contributed by atoms with Crippen molar-refractivity contribution in [2.24, 2.45) is 0 Å². The summed E-state index contributed by atoms with van der Waals surface area (Å²) in [5, 5.41) is 5.20. The molecule has 0 radical (unpaired) electrons. The molecule has 134 valence electrons. The lowest BCUT2D eigenvalue weighted by atomic mass is 10.0. The first kappa shape index (κ1) is 16.9. The molecule has 0 saturated carbocycles. The number of benzene rings is 2. The van der Waals surface area contributed by atoms with Crippen LogP contribution in [0.3, 0.4) is 0 Å². The Morgan fingerprint density at radius 2 is 1.81 bits per heavy atom. The van der Waals surface area contributed by atoms with Crippen molar-refractivity contribution in [3.63, 3.8) is 0 Å². The van der Waals surface area contributed by atoms with Gasteiger partial charge in [0.15, 0.2) is 0 Å². The molecule has 2 heterocycles. The lowest BCUT2D eigenvalue weighted by molar-refractivity contribution is 0.0915. The van der Waals surface area contributed by atoms with E-state index in [1.54, 1.807) is 6.26 Å². The van der Waals surface area contributed by atoms with Gasteiger partial charge in [0.1, 0.15) is 5.76 Å². The first-order valence-corrected chi connectivity index (χ1v) is 9.36. The van der Waals surface area contributed by atoms with E-state index < -0.39 is 0 Å². The third-order valence-corrected chi connectivity index (χ3v) is 5.19. The van der Waals surface area contributed by atoms with Gasteiger partial charge in [-0.3, -0.25) is 9.69 Å². The fourth-order valence-electron chi connectivity index (χ4n) is 3.83. The Balaban J connectivity index is 1.52. The van der Waals surface area contributed by atoms with Crippen molar-refractivity contribution in [1.29, 1.82) is 0 Å². The molecule has 0 spiro atoms. The predicted octanol–water partition coefficient (Wildman–Crippen LogP) is 4.39. The maximum Gasteiger partial charge on any atom is 0.251 e. The fraction of sp³-hybridized carbons (Fsp3) is 0.318. The maximum absolute atomic E-state index is 12.9. The molecule has 1 aromatic heterocycles. The van der Waals surface area contributed by atoms with Crippen LogP contribution in [-0.2, 0) is 0 Å². The Morgan fingerprint density at radius 1 is 1.00 bits per heavy atom. The molecule has 1 aliphatic rings. The Hall–Kier alpha value is -2.59. The van der Waals surface area contributed by atoms with Crippen LogP contribution >= 0.6 is 0 Å². The van der Waals surface area contributed by atoms with Crippen molar-refractivity contribution in [1.82, 2.24) is 10.2 Å². The highest BCUT2D eigenvalue weighted by molar-refractivity contribution is 6.07. The zero-order valence-electron chi connectivity index (χ0n) is 14.9. The minimum atomic E-state index is -0.0321. The normalized spacial score (nSPS) is 16.5. The first-order chi connectivity index (χ1) is 12.8. The highest BCUT2D eigenvalue weighted by Gasteiger charge is 2.25. The Labute approximate surface area is 153 Å². The van der Waals surface area contributed by atoms with Crippen molar-refractivity contribution in [3.8, 4) is 0 Å². The minimum Gasteiger partial charge on any atom is -0.468 e. The van der Waals surface area contributed by atoms with Crippen LogP contribution in [0.15, 0.2) is 65.3 Å². The van der Waals surface area contributed by atoms with Gasteiger partial charge in [-0.15, -0.1) is 0 Å². The van der Waals surface area contributed by atoms with Crippen molar-refractivity contribution in [3.05, 3.63) is 72.2 Å². The molecule has 3 aromatic rings. The third kappa shape index (κ3) is 3.51. The van der Waals surface area contributed by atoms with Crippen molar-refractivity contribution < 1.29 is 9.21 Å². The molecule has 1 aliphatic heterocycles. The van der Waals surface area contributed by atoms with E-state index in [1.807, 2.05) is 54.6 Å². The largest absolute Gasteiger partial charge is 0.468 e. The first-order valence-electron chi connectivity index (χ1n) is 9.36. The molecule has 26 heavy (non-hydrogen) atoms. The quantitative estimate of drug-likeness (QED) is 0.744. The van der Waals surface area contributed by atoms with Gasteiger partial charge in [0.05, 0.1) is 12.3 Å². The van der Waals surface area contributed by atoms with Gasteiger partial charge in [-0.2, -0.15) is 0 Å². The van der Waals surface area contributed by atoms with Crippen LogP contribution in [0, 0.1) is 0 Å². The zero-order valence-corrected chi connectivity index (χ0v) is 14.9. The van der Waals surface area contributed by atoms with E-state index in [4.69, 9.17) is 4.42 Å². The van der Waals surface area contributed by atoms with E-state index in [0.717, 1.165) is 35.2 Å². The molecule has 1 fully saturated rings. The zero-order chi connectivity index (χ0) is 17.8. The number of carbonyl (C=O) groups excluding carboxylic acids is 1. The van der Waals surface area contributed by atoms with E-state index in [0.29, 0.717) is 6.54 Å². The molecule has 1 amide bonds. The molecule has 0 bridgehead atoms. The number of hydrogen-bond acceptors (Lipinski definition) is 3. The molecule has 2 aromatic carbocycles. The summed E-state index contributed by atoms with van der Waals surface area (Å²) in [6, 6.07) is 17.9. The highest BCUT2D eigenvalue weighted by Crippen LogP contribution is 2.25. The van der Waals surface area contributed by atoms with Crippen LogP contribution < -0.4 is 5.32 Å². The number of fused-ring (bicyclic) bond motifs is 1. The molecular formula is C22H24N2O2. The number of carbonyl (C=O) groups is 1. The molecule has 4 nitrogen and oxygen atoms in total. The van der Waals surface area contributed by atoms with Crippen LogP contribution in [-0.4, -0.2) is 30.4 Å². The summed E-state index contributed by atoms with van der Waals surface area (Å²) in [7, 11) is 0. The monoisotopic (exact) mass is 348 g/mol. The van der Waals surface area contributed by atoms with Crippen molar-refractivity contribution in [2.75, 3.05) is 19.6 Å². The second kappa shape index (κ2) is 7.75. The lowest BCUT2D eigenvalue weighted by Gasteiger charge is -2.33. The van der Waals surface area contributed by atoms with Gasteiger partial charge in [-0.1, -0.05) is 42.8 Å². The van der Waals surface area contributed by atoms with Crippen LogP contribution in [0.25, 0.3) is 10.8 Å². The summed E-state index contributed by atoms with van der Waals surface area (Å²) >= 11 is 0. The summed E-state index contributed by atoms with van der Waals surface area (Å²) < 4.78 is 5.66. The highest BCUT2D eigenvalue weighted by atomic mass is 16.3. The molecule has 1 saturated heterocycles. The van der Waals surface area contributed by atoms with Gasteiger partial charge in [-0.25, -0.2) is 0 Å². The number of furan rings is 1. The van der Waals surface area contributed by atoms with Crippen LogP contribution in [0.4, 0.5) is 0 Å². The van der Waals surface area contributed by atoms with E-state index in [2.05, 4.69) is 10.2 Å². The number of piperidine rings is 1. The molecule has 4 heteroatoms. The number of hydrogen-bond donors (Lipinski definition) is 1. The third-order valence-electron chi connectivity index (χ3n) is 5.19. The number of likely N-dealkylation sites (tertiary alicyclic amines) is 1. The van der Waals surface area contributed by atoms with Crippen molar-refractivity contribution >= 4 is 16.7 Å². The second-order valence-electron chi connectivity index (χ2n) is 6.86. The molecule has 1 atom stereocenters. The Morgan fingerprint density at radius 3 is 2.62 bits per heavy atom. The molecule has 1 unspecified atom stereocenters. The van der Waals surface area contributed by atoms with Crippen LogP contribution in [0.2, 0.25) is 0 Å². The SMILES string of the molecule is O=C(NCC(c1ccco1)N1CCCCC1)c1cccc2ccccc12. The summed E-state index contributed by atoms with van der Waals surface area (Å²) in [6.45, 7) is 2.65. The van der Waals surface area contributed by atoms with E-state index >= 15 is 0 Å². The fourth-order valence-corrected chi connectivity index (χ4v) is 3.83. The standard InChI is InChI=1S/C22H24N2O2/c25-22(19-11-6-9-17-8-2-3-10-18(17)19)23-16-20(21-12-7-15-26-21)24-13-4-1-5-14-24/h2-3,6-12,15,20H,1,4-5,13-14,16H2,(H,23,25). The molecule has 0 aliphatic carbocycles. The van der Waals surface area contributed by atoms with Gasteiger partial charge in [0, 0.05) is 12.1 Å². The molecule has 4 rings (SSSR count). The lowest BCUT2D eigenvalue weighted by Crippen LogP contribution is -2.40. The van der Waals surface area contributed by atoms with Gasteiger partial charge < -0.3 is 9.73 Å². The second-order valence-corrected chi connectivity index (χ2v) is 6.86. The smallest absolute Gasteiger partial charge is 0.251 e. The Kier molecular flexibility index (Phi) is 5.02. The minimum absolute atomic E-state index is 0.0321. The average molecular weight is 348 g/mol. The van der Waals surface area contributed by atoms with Crippen LogP contribution in [0.1, 0.15) is 41.4 Å². The van der Waals surface area contributed by atoms with Crippen LogP contribution in [0.5, 0.6) is 0 Å². The van der Waals surface area contributed by atoms with Gasteiger partial charge in [0.25, 0.3) is 5.91 Å². The predicted molar refractivity (Wildman–Crippen MR) is 103 cm³/mol. The van der Waals surface area contributed by atoms with Gasteiger partial charge in [0.2, 0.25) is 0 Å². The molecular weight excluding hydrogens is 324 g/mol. The summed E-state index contributed by atoms with van der Waals surface area (Å²) in [5.74, 6) is 0.889. The van der Waals surface area contributed by atoms with E-state index in [9.17, 15) is 4.79 Å². The van der Waals surface area contributed by atoms with E-state index in [1.165, 1.54) is 19.3 Å². The topological polar surface area (TPSA) is 45.5 Å². The summed E-state index contributed by atoms with van der Waals surface area (Å²) in [5.41, 5.74) is 0.722. The number of rotatable bonds is 5. The average Bonchev–Trinajstić information content (AvgIpc) is 3.23. The maximum atomic E-state index is 12.9. The van der Waals surface area contributed by atoms with Gasteiger partial charge in [-0.05, 0) is 54.9 Å². The number of amides is 1. The Bertz CT molecular complexity index is 861. The van der Waals surface area contributed by atoms with Gasteiger partial charge >= 0.3 is 0 Å². The van der Waals surface area contributed by atoms with Crippen molar-refractivity contribution in [2.45, 2.75) is 25.3 Å². The summed E-state index contributed by atoms with van der Waals surface area (Å²) in [4.78, 5) is 15.3. The summed E-state index contributed by atoms with van der Waals surface area (Å²) in [6.07, 6.45) is 5.39.